The van der Waals surface area contributed by atoms with Crippen LogP contribution in [0.3, 0.4) is 0 Å². The van der Waals surface area contributed by atoms with E-state index >= 15 is 0 Å². The molecule has 0 unspecified atom stereocenters. The SMILES string of the molecule is O=C(Nc1cc2cc(-c3cncc(NC4CCNCC4)n3)ncc2cn1)C1CCCC1. The number of fused-ring (bicyclic) bond motifs is 1. The van der Waals surface area contributed by atoms with E-state index in [-0.39, 0.29) is 11.8 Å². The number of anilines is 2. The summed E-state index contributed by atoms with van der Waals surface area (Å²) in [4.78, 5) is 30.5. The minimum absolute atomic E-state index is 0.0705. The molecule has 160 valence electrons. The molecule has 1 saturated carbocycles. The number of aromatic nitrogens is 4. The number of nitrogens with one attached hydrogen (secondary N) is 3. The Hall–Kier alpha value is -3.13. The maximum absolute atomic E-state index is 12.4. The second-order valence-electron chi connectivity index (χ2n) is 8.42. The molecule has 3 N–H and O–H groups in total. The maximum atomic E-state index is 12.4. The van der Waals surface area contributed by atoms with E-state index in [2.05, 4.69) is 30.9 Å². The van der Waals surface area contributed by atoms with Crippen LogP contribution in [-0.2, 0) is 4.79 Å². The fraction of sp³-hybridized carbons (Fsp3) is 0.435. The van der Waals surface area contributed by atoms with Gasteiger partial charge in [0, 0.05) is 29.7 Å². The average Bonchev–Trinajstić information content (AvgIpc) is 3.35. The maximum Gasteiger partial charge on any atom is 0.228 e. The summed E-state index contributed by atoms with van der Waals surface area (Å²) in [6, 6.07) is 4.28. The van der Waals surface area contributed by atoms with E-state index < -0.39 is 0 Å². The van der Waals surface area contributed by atoms with Gasteiger partial charge in [-0.15, -0.1) is 0 Å². The molecule has 2 aliphatic rings. The van der Waals surface area contributed by atoms with Crippen LogP contribution < -0.4 is 16.0 Å². The summed E-state index contributed by atoms with van der Waals surface area (Å²) in [5.41, 5.74) is 1.46. The lowest BCUT2D eigenvalue weighted by molar-refractivity contribution is -0.119. The molecule has 0 aromatic carbocycles. The highest BCUT2D eigenvalue weighted by Gasteiger charge is 2.23. The van der Waals surface area contributed by atoms with Gasteiger partial charge in [-0.2, -0.15) is 0 Å². The van der Waals surface area contributed by atoms with Crippen LogP contribution >= 0.6 is 0 Å². The molecule has 31 heavy (non-hydrogen) atoms. The third-order valence-electron chi connectivity index (χ3n) is 6.17. The highest BCUT2D eigenvalue weighted by atomic mass is 16.1. The van der Waals surface area contributed by atoms with Crippen LogP contribution in [-0.4, -0.2) is 45.0 Å². The first-order valence-electron chi connectivity index (χ1n) is 11.1. The number of piperidine rings is 1. The Morgan fingerprint density at radius 1 is 0.871 bits per heavy atom. The largest absolute Gasteiger partial charge is 0.366 e. The lowest BCUT2D eigenvalue weighted by atomic mass is 10.1. The summed E-state index contributed by atoms with van der Waals surface area (Å²) in [6.45, 7) is 2.04. The molecule has 0 spiro atoms. The Balaban J connectivity index is 1.36. The Bertz CT molecular complexity index is 1070. The predicted molar refractivity (Wildman–Crippen MR) is 121 cm³/mol. The molecule has 4 heterocycles. The number of hydrogen-bond donors (Lipinski definition) is 3. The van der Waals surface area contributed by atoms with Gasteiger partial charge in [0.15, 0.2) is 0 Å². The van der Waals surface area contributed by atoms with E-state index in [4.69, 9.17) is 4.98 Å². The third kappa shape index (κ3) is 4.64. The lowest BCUT2D eigenvalue weighted by Gasteiger charge is -2.24. The van der Waals surface area contributed by atoms with Crippen molar-refractivity contribution in [3.8, 4) is 11.4 Å². The number of amides is 1. The number of carbonyl (C=O) groups is 1. The smallest absolute Gasteiger partial charge is 0.228 e. The van der Waals surface area contributed by atoms with Gasteiger partial charge < -0.3 is 16.0 Å². The van der Waals surface area contributed by atoms with Crippen molar-refractivity contribution in [2.75, 3.05) is 23.7 Å². The van der Waals surface area contributed by atoms with E-state index in [1.54, 1.807) is 24.8 Å². The number of hydrogen-bond acceptors (Lipinski definition) is 7. The number of rotatable bonds is 5. The van der Waals surface area contributed by atoms with Crippen molar-refractivity contribution in [1.29, 1.82) is 0 Å². The normalized spacial score (nSPS) is 17.7. The Morgan fingerprint density at radius 2 is 1.68 bits per heavy atom. The van der Waals surface area contributed by atoms with Crippen molar-refractivity contribution in [2.24, 2.45) is 5.92 Å². The third-order valence-corrected chi connectivity index (χ3v) is 6.17. The second-order valence-corrected chi connectivity index (χ2v) is 8.42. The van der Waals surface area contributed by atoms with Gasteiger partial charge in [-0.05, 0) is 56.3 Å². The topological polar surface area (TPSA) is 105 Å². The monoisotopic (exact) mass is 417 g/mol. The summed E-state index contributed by atoms with van der Waals surface area (Å²) in [5.74, 6) is 1.52. The Labute approximate surface area is 181 Å². The summed E-state index contributed by atoms with van der Waals surface area (Å²) in [7, 11) is 0. The van der Waals surface area contributed by atoms with Crippen LogP contribution in [0.25, 0.3) is 22.2 Å². The minimum Gasteiger partial charge on any atom is -0.366 e. The minimum atomic E-state index is 0.0705. The van der Waals surface area contributed by atoms with Gasteiger partial charge in [0.05, 0.1) is 18.1 Å². The Morgan fingerprint density at radius 3 is 2.52 bits per heavy atom. The molecule has 0 radical (unpaired) electrons. The number of nitrogens with zero attached hydrogens (tertiary/aromatic N) is 4. The van der Waals surface area contributed by atoms with Crippen molar-refractivity contribution in [3.63, 3.8) is 0 Å². The average molecular weight is 418 g/mol. The van der Waals surface area contributed by atoms with Gasteiger partial charge >= 0.3 is 0 Å². The van der Waals surface area contributed by atoms with Crippen molar-refractivity contribution in [1.82, 2.24) is 25.3 Å². The quantitative estimate of drug-likeness (QED) is 0.584. The first-order chi connectivity index (χ1) is 15.2. The van der Waals surface area contributed by atoms with Gasteiger partial charge in [-0.1, -0.05) is 12.8 Å². The first-order valence-corrected chi connectivity index (χ1v) is 11.1. The molecule has 1 aliphatic heterocycles. The molecule has 5 rings (SSSR count). The zero-order valence-electron chi connectivity index (χ0n) is 17.5. The summed E-state index contributed by atoms with van der Waals surface area (Å²) in [5, 5.41) is 11.7. The van der Waals surface area contributed by atoms with Gasteiger partial charge in [-0.3, -0.25) is 14.8 Å². The molecule has 1 amide bonds. The van der Waals surface area contributed by atoms with Crippen molar-refractivity contribution < 1.29 is 4.79 Å². The Kier molecular flexibility index (Phi) is 5.71. The molecule has 2 fully saturated rings. The molecule has 0 atom stereocenters. The highest BCUT2D eigenvalue weighted by molar-refractivity contribution is 5.94. The van der Waals surface area contributed by atoms with Crippen LogP contribution in [0.2, 0.25) is 0 Å². The van der Waals surface area contributed by atoms with Crippen LogP contribution in [0.1, 0.15) is 38.5 Å². The molecule has 3 aromatic heterocycles. The van der Waals surface area contributed by atoms with Gasteiger partial charge in [0.1, 0.15) is 17.3 Å². The molecular formula is C23H27N7O. The first kappa shape index (κ1) is 19.8. The molecule has 0 bridgehead atoms. The van der Waals surface area contributed by atoms with Crippen molar-refractivity contribution in [3.05, 3.63) is 36.9 Å². The zero-order valence-corrected chi connectivity index (χ0v) is 17.5. The van der Waals surface area contributed by atoms with E-state index in [0.29, 0.717) is 17.6 Å². The second kappa shape index (κ2) is 8.93. The summed E-state index contributed by atoms with van der Waals surface area (Å²) >= 11 is 0. The zero-order chi connectivity index (χ0) is 21.0. The summed E-state index contributed by atoms with van der Waals surface area (Å²) in [6.07, 6.45) is 13.4. The molecule has 8 heteroatoms. The summed E-state index contributed by atoms with van der Waals surface area (Å²) < 4.78 is 0. The molecule has 8 nitrogen and oxygen atoms in total. The molecular weight excluding hydrogens is 390 g/mol. The van der Waals surface area contributed by atoms with Crippen LogP contribution in [0.5, 0.6) is 0 Å². The molecule has 1 aliphatic carbocycles. The van der Waals surface area contributed by atoms with E-state index in [1.165, 1.54) is 0 Å². The van der Waals surface area contributed by atoms with Gasteiger partial charge in [0.2, 0.25) is 5.91 Å². The molecule has 3 aromatic rings. The molecule has 1 saturated heterocycles. The van der Waals surface area contributed by atoms with Gasteiger partial charge in [0.25, 0.3) is 0 Å². The predicted octanol–water partition coefficient (Wildman–Crippen LogP) is 3.38. The number of carbonyl (C=O) groups excluding carboxylic acids is 1. The fourth-order valence-electron chi connectivity index (χ4n) is 4.40. The lowest BCUT2D eigenvalue weighted by Crippen LogP contribution is -2.35. The standard InChI is InChI=1S/C23H27N7O/c31-23(15-3-1-2-4-15)30-21-10-16-9-19(26-11-17(16)12-27-21)20-13-25-14-22(29-20)28-18-5-7-24-8-6-18/h9-15,18,24H,1-8H2,(H,28,29)(H,27,30,31). The van der Waals surface area contributed by atoms with E-state index in [0.717, 1.165) is 73.9 Å². The van der Waals surface area contributed by atoms with Crippen molar-refractivity contribution in [2.45, 2.75) is 44.6 Å². The van der Waals surface area contributed by atoms with Crippen LogP contribution in [0, 0.1) is 5.92 Å². The van der Waals surface area contributed by atoms with Crippen LogP contribution in [0.4, 0.5) is 11.6 Å². The van der Waals surface area contributed by atoms with Crippen molar-refractivity contribution >= 4 is 28.3 Å². The van der Waals surface area contributed by atoms with Crippen LogP contribution in [0.15, 0.2) is 36.9 Å². The van der Waals surface area contributed by atoms with Gasteiger partial charge in [-0.25, -0.2) is 9.97 Å². The fourth-order valence-corrected chi connectivity index (χ4v) is 4.40. The van der Waals surface area contributed by atoms with E-state index in [9.17, 15) is 4.79 Å². The number of pyridine rings is 2. The highest BCUT2D eigenvalue weighted by Crippen LogP contribution is 2.27. The van der Waals surface area contributed by atoms with E-state index in [1.807, 2.05) is 12.1 Å².